The highest BCUT2D eigenvalue weighted by Gasteiger charge is 2.11. The third-order valence-corrected chi connectivity index (χ3v) is 6.71. The largest absolute Gasteiger partial charge is 0.355 e. The molecular formula is C30H34N4. The predicted octanol–water partition coefficient (Wildman–Crippen LogP) is 8.12. The molecule has 0 amide bonds. The molecule has 4 heteroatoms. The molecule has 0 fully saturated rings. The maximum atomic E-state index is 4.86. The van der Waals surface area contributed by atoms with Crippen LogP contribution in [0.1, 0.15) is 86.3 Å². The van der Waals surface area contributed by atoms with Crippen molar-refractivity contribution in [2.75, 3.05) is 0 Å². The summed E-state index contributed by atoms with van der Waals surface area (Å²) in [6, 6.07) is 12.8. The van der Waals surface area contributed by atoms with Crippen LogP contribution in [0.5, 0.6) is 0 Å². The Balaban J connectivity index is 1.63. The predicted molar refractivity (Wildman–Crippen MR) is 145 cm³/mol. The first-order chi connectivity index (χ1) is 16.7. The SMILES string of the molecule is CCCCCCCCc1c(CC)c2cc3nc(cc4ccc(cc5nc(cc1[nH]2)C=C5)[nH]4)C=C3. The van der Waals surface area contributed by atoms with Crippen molar-refractivity contribution in [3.63, 3.8) is 0 Å². The molecule has 2 aliphatic heterocycles. The van der Waals surface area contributed by atoms with Gasteiger partial charge < -0.3 is 9.97 Å². The number of unbranched alkanes of at least 4 members (excludes halogenated alkanes) is 5. The van der Waals surface area contributed by atoms with Crippen molar-refractivity contribution in [2.45, 2.75) is 65.2 Å². The third-order valence-electron chi connectivity index (χ3n) is 6.71. The van der Waals surface area contributed by atoms with Crippen LogP contribution in [-0.2, 0) is 12.8 Å². The Labute approximate surface area is 201 Å². The first kappa shape index (κ1) is 22.4. The van der Waals surface area contributed by atoms with Gasteiger partial charge in [-0.1, -0.05) is 46.0 Å². The lowest BCUT2D eigenvalue weighted by molar-refractivity contribution is 0.607. The molecule has 34 heavy (non-hydrogen) atoms. The number of rotatable bonds is 8. The first-order valence-electron chi connectivity index (χ1n) is 12.8. The van der Waals surface area contributed by atoms with E-state index in [1.54, 1.807) is 0 Å². The van der Waals surface area contributed by atoms with Crippen molar-refractivity contribution in [2.24, 2.45) is 0 Å². The van der Waals surface area contributed by atoms with Gasteiger partial charge in [0.1, 0.15) is 0 Å². The second-order valence-electron chi connectivity index (χ2n) is 9.32. The summed E-state index contributed by atoms with van der Waals surface area (Å²) in [5.41, 5.74) is 11.2. The van der Waals surface area contributed by atoms with Crippen molar-refractivity contribution in [3.05, 3.63) is 70.3 Å². The topological polar surface area (TPSA) is 57.4 Å². The zero-order chi connectivity index (χ0) is 23.3. The number of aromatic nitrogens is 4. The number of hydrogen-bond acceptors (Lipinski definition) is 2. The summed E-state index contributed by atoms with van der Waals surface area (Å²) in [6.45, 7) is 4.53. The highest BCUT2D eigenvalue weighted by molar-refractivity contribution is 5.80. The molecule has 174 valence electrons. The zero-order valence-electron chi connectivity index (χ0n) is 20.3. The monoisotopic (exact) mass is 450 g/mol. The molecule has 2 aliphatic rings. The number of hydrogen-bond donors (Lipinski definition) is 2. The van der Waals surface area contributed by atoms with E-state index in [4.69, 9.17) is 9.97 Å². The molecule has 5 heterocycles. The lowest BCUT2D eigenvalue weighted by atomic mass is 10.0. The Hall–Kier alpha value is -3.40. The number of nitrogens with one attached hydrogen (secondary N) is 2. The third kappa shape index (κ3) is 5.06. The molecule has 3 aromatic heterocycles. The molecule has 0 saturated heterocycles. The number of fused-ring (bicyclic) bond motifs is 8. The van der Waals surface area contributed by atoms with Crippen LogP contribution in [-0.4, -0.2) is 19.9 Å². The Kier molecular flexibility index (Phi) is 6.75. The maximum Gasteiger partial charge on any atom is 0.0658 e. The average Bonchev–Trinajstić information content (AvgIpc) is 3.61. The summed E-state index contributed by atoms with van der Waals surface area (Å²) in [4.78, 5) is 16.9. The molecule has 2 N–H and O–H groups in total. The van der Waals surface area contributed by atoms with Crippen LogP contribution >= 0.6 is 0 Å². The van der Waals surface area contributed by atoms with Gasteiger partial charge in [-0.25, -0.2) is 9.97 Å². The molecule has 8 bridgehead atoms. The van der Waals surface area contributed by atoms with E-state index in [1.165, 1.54) is 60.7 Å². The number of aromatic amines is 2. The Bertz CT molecular complexity index is 1380. The van der Waals surface area contributed by atoms with Crippen molar-refractivity contribution < 1.29 is 0 Å². The summed E-state index contributed by atoms with van der Waals surface area (Å²) in [7, 11) is 0. The summed E-state index contributed by atoms with van der Waals surface area (Å²) in [5.74, 6) is 0. The van der Waals surface area contributed by atoms with Gasteiger partial charge in [-0.15, -0.1) is 0 Å². The van der Waals surface area contributed by atoms with Gasteiger partial charge in [0, 0.05) is 22.1 Å². The van der Waals surface area contributed by atoms with Gasteiger partial charge in [-0.3, -0.25) is 0 Å². The number of H-pyrrole nitrogens is 2. The molecule has 0 unspecified atom stereocenters. The first-order valence-corrected chi connectivity index (χ1v) is 12.8. The lowest BCUT2D eigenvalue weighted by Crippen LogP contribution is -1.91. The van der Waals surface area contributed by atoms with Gasteiger partial charge in [0.25, 0.3) is 0 Å². The van der Waals surface area contributed by atoms with Gasteiger partial charge in [-0.05, 0) is 91.1 Å². The van der Waals surface area contributed by atoms with E-state index >= 15 is 0 Å². The van der Waals surface area contributed by atoms with Crippen molar-refractivity contribution >= 4 is 46.4 Å². The van der Waals surface area contributed by atoms with Gasteiger partial charge in [0.2, 0.25) is 0 Å². The molecule has 0 saturated carbocycles. The van der Waals surface area contributed by atoms with Crippen LogP contribution in [0.4, 0.5) is 0 Å². The van der Waals surface area contributed by atoms with E-state index in [9.17, 15) is 0 Å². The molecule has 0 spiro atoms. The van der Waals surface area contributed by atoms with Crippen LogP contribution in [0.25, 0.3) is 46.4 Å². The summed E-state index contributed by atoms with van der Waals surface area (Å²) in [5, 5.41) is 0. The molecule has 4 nitrogen and oxygen atoms in total. The second-order valence-corrected chi connectivity index (χ2v) is 9.32. The van der Waals surface area contributed by atoms with E-state index in [0.717, 1.165) is 46.7 Å². The maximum absolute atomic E-state index is 4.86. The smallest absolute Gasteiger partial charge is 0.0658 e. The number of nitrogens with zero attached hydrogens (tertiary/aromatic N) is 2. The van der Waals surface area contributed by atoms with E-state index in [-0.39, 0.29) is 0 Å². The molecular weight excluding hydrogens is 416 g/mol. The molecule has 0 aliphatic carbocycles. The van der Waals surface area contributed by atoms with Crippen LogP contribution in [0, 0.1) is 0 Å². The van der Waals surface area contributed by atoms with Crippen molar-refractivity contribution in [1.29, 1.82) is 0 Å². The van der Waals surface area contributed by atoms with Crippen LogP contribution in [0.3, 0.4) is 0 Å². The Morgan fingerprint density at radius 2 is 1.12 bits per heavy atom. The fourth-order valence-electron chi connectivity index (χ4n) is 4.96. The van der Waals surface area contributed by atoms with Gasteiger partial charge >= 0.3 is 0 Å². The fourth-order valence-corrected chi connectivity index (χ4v) is 4.96. The van der Waals surface area contributed by atoms with E-state index in [0.29, 0.717) is 0 Å². The van der Waals surface area contributed by atoms with E-state index < -0.39 is 0 Å². The summed E-state index contributed by atoms with van der Waals surface area (Å²) >= 11 is 0. The quantitative estimate of drug-likeness (QED) is 0.234. The minimum Gasteiger partial charge on any atom is -0.355 e. The van der Waals surface area contributed by atoms with Crippen LogP contribution in [0.2, 0.25) is 0 Å². The van der Waals surface area contributed by atoms with Crippen LogP contribution < -0.4 is 0 Å². The molecule has 0 aromatic carbocycles. The minimum atomic E-state index is 0.962. The highest BCUT2D eigenvalue weighted by atomic mass is 14.8. The summed E-state index contributed by atoms with van der Waals surface area (Å²) < 4.78 is 0. The molecule has 5 rings (SSSR count). The van der Waals surface area contributed by atoms with E-state index in [2.05, 4.69) is 84.5 Å². The fraction of sp³-hybridized carbons (Fsp3) is 0.333. The normalized spacial score (nSPS) is 12.5. The Morgan fingerprint density at radius 1 is 0.588 bits per heavy atom. The average molecular weight is 451 g/mol. The summed E-state index contributed by atoms with van der Waals surface area (Å²) in [6.07, 6.45) is 18.3. The minimum absolute atomic E-state index is 0.962. The zero-order valence-corrected chi connectivity index (χ0v) is 20.3. The van der Waals surface area contributed by atoms with Gasteiger partial charge in [0.15, 0.2) is 0 Å². The second kappa shape index (κ2) is 10.3. The van der Waals surface area contributed by atoms with Crippen molar-refractivity contribution in [3.8, 4) is 0 Å². The van der Waals surface area contributed by atoms with E-state index in [1.807, 2.05) is 0 Å². The molecule has 0 atom stereocenters. The lowest BCUT2D eigenvalue weighted by Gasteiger charge is -2.04. The van der Waals surface area contributed by atoms with Gasteiger partial charge in [-0.2, -0.15) is 0 Å². The number of aryl methyl sites for hydroxylation is 2. The van der Waals surface area contributed by atoms with Crippen molar-refractivity contribution in [1.82, 2.24) is 19.9 Å². The standard InChI is InChI=1S/C30H34N4/c1-3-5-6-7-8-9-10-28-27(4-2)29-19-25-15-13-23(32-25)17-21-11-12-22(31-21)18-24-14-16-26(33-24)20-30(28)34-29/h11-20,31,34H,3-10H2,1-2H3. The molecule has 3 aromatic rings. The Morgan fingerprint density at radius 3 is 1.71 bits per heavy atom. The molecule has 0 radical (unpaired) electrons. The van der Waals surface area contributed by atoms with Crippen LogP contribution in [0.15, 0.2) is 36.4 Å². The highest BCUT2D eigenvalue weighted by Crippen LogP contribution is 2.26. The van der Waals surface area contributed by atoms with Gasteiger partial charge in [0.05, 0.1) is 22.8 Å².